The monoisotopic (exact) mass is 406 g/mol. The van der Waals surface area contributed by atoms with E-state index in [1.54, 1.807) is 36.6 Å². The summed E-state index contributed by atoms with van der Waals surface area (Å²) in [4.78, 5) is 40.7. The summed E-state index contributed by atoms with van der Waals surface area (Å²) in [6.07, 6.45) is 0. The standard InChI is InChI=1S/C21H18N4O3S/c1-12-6-8-13(9-7-12)18-23-16(11-29-18)17(26)22-15-5-3-4-14(10-15)21(2)19(27)24-20(28)25-21/h3-11H,1-2H3,(H,22,26)(H2,24,25,27,28)/t21-/m1/s1. The normalized spacial score (nSPS) is 18.3. The first-order chi connectivity index (χ1) is 13.8. The Kier molecular flexibility index (Phi) is 4.63. The molecule has 1 atom stereocenters. The molecule has 2 aromatic carbocycles. The molecule has 146 valence electrons. The van der Waals surface area contributed by atoms with Gasteiger partial charge in [0.15, 0.2) is 0 Å². The smallest absolute Gasteiger partial charge is 0.321 e. The Morgan fingerprint density at radius 3 is 2.59 bits per heavy atom. The lowest BCUT2D eigenvalue weighted by molar-refractivity contribution is -0.123. The van der Waals surface area contributed by atoms with Gasteiger partial charge in [0.2, 0.25) is 0 Å². The fourth-order valence-electron chi connectivity index (χ4n) is 3.06. The highest BCUT2D eigenvalue weighted by Gasteiger charge is 2.43. The Hall–Kier alpha value is -3.52. The van der Waals surface area contributed by atoms with E-state index in [-0.39, 0.29) is 5.91 Å². The number of thiazole rings is 1. The van der Waals surface area contributed by atoms with Gasteiger partial charge in [0.1, 0.15) is 16.2 Å². The average Bonchev–Trinajstić information content (AvgIpc) is 3.28. The summed E-state index contributed by atoms with van der Waals surface area (Å²) in [6, 6.07) is 14.2. The van der Waals surface area contributed by atoms with E-state index in [4.69, 9.17) is 0 Å². The molecule has 3 aromatic rings. The van der Waals surface area contributed by atoms with Crippen LogP contribution in [-0.4, -0.2) is 22.8 Å². The predicted octanol–water partition coefficient (Wildman–Crippen LogP) is 3.43. The quantitative estimate of drug-likeness (QED) is 0.578. The van der Waals surface area contributed by atoms with Gasteiger partial charge in [-0.1, -0.05) is 42.0 Å². The molecular formula is C21H18N4O3S. The number of carbonyl (C=O) groups excluding carboxylic acids is 3. The molecule has 7 nitrogen and oxygen atoms in total. The van der Waals surface area contributed by atoms with Crippen LogP contribution in [0.4, 0.5) is 10.5 Å². The number of hydrogen-bond donors (Lipinski definition) is 3. The zero-order valence-electron chi connectivity index (χ0n) is 15.8. The first kappa shape index (κ1) is 18.8. The molecule has 4 amide bonds. The van der Waals surface area contributed by atoms with Crippen LogP contribution in [0.15, 0.2) is 53.9 Å². The molecule has 8 heteroatoms. The number of nitrogens with zero attached hydrogens (tertiary/aromatic N) is 1. The molecule has 3 N–H and O–H groups in total. The van der Waals surface area contributed by atoms with Crippen molar-refractivity contribution in [2.24, 2.45) is 0 Å². The number of benzene rings is 2. The molecule has 29 heavy (non-hydrogen) atoms. The zero-order chi connectivity index (χ0) is 20.6. The summed E-state index contributed by atoms with van der Waals surface area (Å²) in [7, 11) is 0. The van der Waals surface area contributed by atoms with Gasteiger partial charge in [-0.05, 0) is 31.5 Å². The third-order valence-corrected chi connectivity index (χ3v) is 5.67. The van der Waals surface area contributed by atoms with Crippen LogP contribution in [0.1, 0.15) is 28.5 Å². The number of urea groups is 1. The lowest BCUT2D eigenvalue weighted by Crippen LogP contribution is -2.40. The zero-order valence-corrected chi connectivity index (χ0v) is 16.6. The molecule has 1 aliphatic heterocycles. The number of aryl methyl sites for hydroxylation is 1. The van der Waals surface area contributed by atoms with E-state index in [0.29, 0.717) is 16.9 Å². The number of hydrogen-bond acceptors (Lipinski definition) is 5. The maximum atomic E-state index is 12.6. The van der Waals surface area contributed by atoms with Crippen LogP contribution in [-0.2, 0) is 10.3 Å². The van der Waals surface area contributed by atoms with Crippen molar-refractivity contribution in [3.8, 4) is 10.6 Å². The average molecular weight is 406 g/mol. The molecule has 4 rings (SSSR count). The van der Waals surface area contributed by atoms with Crippen LogP contribution in [0.3, 0.4) is 0 Å². The fraction of sp³-hybridized carbons (Fsp3) is 0.143. The van der Waals surface area contributed by atoms with Crippen LogP contribution in [0.5, 0.6) is 0 Å². The van der Waals surface area contributed by atoms with Crippen LogP contribution in [0, 0.1) is 6.92 Å². The van der Waals surface area contributed by atoms with E-state index < -0.39 is 17.5 Å². The molecule has 0 aliphatic carbocycles. The Balaban J connectivity index is 1.53. The third kappa shape index (κ3) is 3.62. The summed E-state index contributed by atoms with van der Waals surface area (Å²) in [5.74, 6) is -0.782. The molecule has 1 aromatic heterocycles. The second-order valence-corrected chi connectivity index (χ2v) is 7.83. The maximum Gasteiger partial charge on any atom is 0.322 e. The second-order valence-electron chi connectivity index (χ2n) is 6.97. The van der Waals surface area contributed by atoms with Crippen molar-refractivity contribution in [3.63, 3.8) is 0 Å². The maximum absolute atomic E-state index is 12.6. The van der Waals surface area contributed by atoms with Gasteiger partial charge in [0.05, 0.1) is 0 Å². The molecule has 0 saturated carbocycles. The van der Waals surface area contributed by atoms with Crippen LogP contribution < -0.4 is 16.0 Å². The van der Waals surface area contributed by atoms with Gasteiger partial charge >= 0.3 is 6.03 Å². The van der Waals surface area contributed by atoms with E-state index in [9.17, 15) is 14.4 Å². The minimum atomic E-state index is -1.18. The summed E-state index contributed by atoms with van der Waals surface area (Å²) in [5, 5.41) is 10.1. The SMILES string of the molecule is Cc1ccc(-c2nc(C(=O)Nc3cccc([C@@]4(C)NC(=O)NC4=O)c3)cs2)cc1. The van der Waals surface area contributed by atoms with Gasteiger partial charge in [-0.15, -0.1) is 11.3 Å². The van der Waals surface area contributed by atoms with Gasteiger partial charge in [0.25, 0.3) is 11.8 Å². The molecule has 1 saturated heterocycles. The van der Waals surface area contributed by atoms with Gasteiger partial charge in [-0.25, -0.2) is 9.78 Å². The number of nitrogens with one attached hydrogen (secondary N) is 3. The number of imide groups is 1. The molecule has 0 radical (unpaired) electrons. The van der Waals surface area contributed by atoms with Crippen LogP contribution >= 0.6 is 11.3 Å². The minimum absolute atomic E-state index is 0.314. The van der Waals surface area contributed by atoms with Crippen molar-refractivity contribution in [2.75, 3.05) is 5.32 Å². The van der Waals surface area contributed by atoms with Gasteiger partial charge in [-0.3, -0.25) is 14.9 Å². The molecule has 0 bridgehead atoms. The number of aromatic nitrogens is 1. The molecule has 1 fully saturated rings. The van der Waals surface area contributed by atoms with Crippen molar-refractivity contribution in [1.82, 2.24) is 15.6 Å². The fourth-order valence-corrected chi connectivity index (χ4v) is 3.86. The lowest BCUT2D eigenvalue weighted by Gasteiger charge is -2.21. The first-order valence-corrected chi connectivity index (χ1v) is 9.81. The Morgan fingerprint density at radius 2 is 1.90 bits per heavy atom. The second kappa shape index (κ2) is 7.14. The van der Waals surface area contributed by atoms with Crippen molar-refractivity contribution in [2.45, 2.75) is 19.4 Å². The lowest BCUT2D eigenvalue weighted by atomic mass is 9.92. The van der Waals surface area contributed by atoms with Crippen molar-refractivity contribution >= 4 is 34.9 Å². The van der Waals surface area contributed by atoms with Gasteiger partial charge in [-0.2, -0.15) is 0 Å². The Bertz CT molecular complexity index is 1120. The van der Waals surface area contributed by atoms with Gasteiger partial charge in [0, 0.05) is 16.6 Å². The molecule has 0 unspecified atom stereocenters. The van der Waals surface area contributed by atoms with Crippen molar-refractivity contribution < 1.29 is 14.4 Å². The van der Waals surface area contributed by atoms with Crippen LogP contribution in [0.25, 0.3) is 10.6 Å². The van der Waals surface area contributed by atoms with E-state index in [1.165, 1.54) is 11.3 Å². The summed E-state index contributed by atoms with van der Waals surface area (Å²) >= 11 is 1.40. The minimum Gasteiger partial charge on any atom is -0.321 e. The number of rotatable bonds is 4. The predicted molar refractivity (Wildman–Crippen MR) is 111 cm³/mol. The van der Waals surface area contributed by atoms with Gasteiger partial charge < -0.3 is 10.6 Å². The number of anilines is 1. The van der Waals surface area contributed by atoms with E-state index in [2.05, 4.69) is 20.9 Å². The van der Waals surface area contributed by atoms with Crippen molar-refractivity contribution in [3.05, 3.63) is 70.7 Å². The van der Waals surface area contributed by atoms with E-state index >= 15 is 0 Å². The summed E-state index contributed by atoms with van der Waals surface area (Å²) in [6.45, 7) is 3.63. The largest absolute Gasteiger partial charge is 0.322 e. The topological polar surface area (TPSA) is 100 Å². The molecule has 1 aliphatic rings. The molecular weight excluding hydrogens is 388 g/mol. The molecule has 2 heterocycles. The van der Waals surface area contributed by atoms with E-state index in [0.717, 1.165) is 16.1 Å². The van der Waals surface area contributed by atoms with Crippen LogP contribution in [0.2, 0.25) is 0 Å². The Morgan fingerprint density at radius 1 is 1.14 bits per heavy atom. The first-order valence-electron chi connectivity index (χ1n) is 8.93. The summed E-state index contributed by atoms with van der Waals surface area (Å²) < 4.78 is 0. The highest BCUT2D eigenvalue weighted by molar-refractivity contribution is 7.13. The third-order valence-electron chi connectivity index (χ3n) is 4.78. The number of amides is 4. The molecule has 0 spiro atoms. The number of carbonyl (C=O) groups is 3. The summed E-state index contributed by atoms with van der Waals surface area (Å²) in [5.41, 5.74) is 2.32. The Labute approximate surface area is 171 Å². The highest BCUT2D eigenvalue weighted by atomic mass is 32.1. The van der Waals surface area contributed by atoms with Crippen molar-refractivity contribution in [1.29, 1.82) is 0 Å². The highest BCUT2D eigenvalue weighted by Crippen LogP contribution is 2.27. The van der Waals surface area contributed by atoms with E-state index in [1.807, 2.05) is 31.2 Å².